The van der Waals surface area contributed by atoms with Crippen molar-refractivity contribution < 1.29 is 9.47 Å². The molecule has 0 radical (unpaired) electrons. The zero-order chi connectivity index (χ0) is 17.4. The maximum absolute atomic E-state index is 6.01. The van der Waals surface area contributed by atoms with Gasteiger partial charge in [0.2, 0.25) is 0 Å². The summed E-state index contributed by atoms with van der Waals surface area (Å²) in [6, 6.07) is 13.4. The minimum absolute atomic E-state index is 0.704. The number of benzene rings is 2. The molecule has 2 aromatic carbocycles. The van der Waals surface area contributed by atoms with Crippen LogP contribution in [0.25, 0.3) is 16.9 Å². The molecule has 5 nitrogen and oxygen atoms in total. The fraction of sp³-hybridized carbons (Fsp3) is 0.211. The second-order valence-electron chi connectivity index (χ2n) is 5.81. The lowest BCUT2D eigenvalue weighted by Crippen LogP contribution is -2.04. The highest BCUT2D eigenvalue weighted by molar-refractivity contribution is 6.30. The number of halogens is 1. The highest BCUT2D eigenvalue weighted by Crippen LogP contribution is 2.40. The molecule has 128 valence electrons. The van der Waals surface area contributed by atoms with Crippen LogP contribution in [-0.4, -0.2) is 30.5 Å². The van der Waals surface area contributed by atoms with E-state index >= 15 is 0 Å². The van der Waals surface area contributed by atoms with E-state index in [1.165, 1.54) is 5.56 Å². The van der Waals surface area contributed by atoms with Gasteiger partial charge in [-0.2, -0.15) is 5.10 Å². The largest absolute Gasteiger partial charge is 0.497 e. The van der Waals surface area contributed by atoms with Gasteiger partial charge < -0.3 is 14.8 Å². The van der Waals surface area contributed by atoms with Crippen molar-refractivity contribution in [1.29, 1.82) is 0 Å². The van der Waals surface area contributed by atoms with E-state index < -0.39 is 0 Å². The molecule has 6 heteroatoms. The predicted octanol–water partition coefficient (Wildman–Crippen LogP) is 4.18. The first kappa shape index (κ1) is 15.8. The first-order chi connectivity index (χ1) is 12.2. The van der Waals surface area contributed by atoms with Gasteiger partial charge in [0.15, 0.2) is 0 Å². The quantitative estimate of drug-likeness (QED) is 0.762. The Kier molecular flexibility index (Phi) is 4.01. The van der Waals surface area contributed by atoms with Gasteiger partial charge >= 0.3 is 0 Å². The van der Waals surface area contributed by atoms with Crippen LogP contribution in [0, 0.1) is 0 Å². The van der Waals surface area contributed by atoms with Gasteiger partial charge in [-0.05, 0) is 48.9 Å². The van der Waals surface area contributed by atoms with Gasteiger partial charge in [-0.3, -0.25) is 0 Å². The molecular formula is C19H18ClN3O2. The Morgan fingerprint density at radius 1 is 1.08 bits per heavy atom. The van der Waals surface area contributed by atoms with Gasteiger partial charge in [0.25, 0.3) is 0 Å². The molecule has 0 amide bonds. The first-order valence-electron chi connectivity index (χ1n) is 8.05. The van der Waals surface area contributed by atoms with Gasteiger partial charge in [0.05, 0.1) is 19.9 Å². The normalized spacial score (nSPS) is 12.6. The van der Waals surface area contributed by atoms with E-state index in [2.05, 4.69) is 5.32 Å². The number of aromatic nitrogens is 2. The zero-order valence-corrected chi connectivity index (χ0v) is 14.8. The van der Waals surface area contributed by atoms with E-state index in [0.717, 1.165) is 47.2 Å². The van der Waals surface area contributed by atoms with E-state index in [0.29, 0.717) is 5.02 Å². The molecule has 1 aliphatic rings. The number of rotatable bonds is 4. The number of fused-ring (bicyclic) bond motifs is 1. The molecule has 0 spiro atoms. The van der Waals surface area contributed by atoms with Crippen LogP contribution in [0.4, 0.5) is 5.82 Å². The Morgan fingerprint density at radius 2 is 1.88 bits per heavy atom. The van der Waals surface area contributed by atoms with Crippen LogP contribution < -0.4 is 14.8 Å². The summed E-state index contributed by atoms with van der Waals surface area (Å²) in [5.41, 5.74) is 3.98. The maximum atomic E-state index is 6.01. The van der Waals surface area contributed by atoms with E-state index in [1.54, 1.807) is 14.2 Å². The Hall–Kier alpha value is -2.66. The Morgan fingerprint density at radius 3 is 2.60 bits per heavy atom. The standard InChI is InChI=1S/C19H18ClN3O2/c1-24-14-7-8-17(25-2)16(11-14)18-15-9-10-21-19(15)23(22-18)13-5-3-12(20)4-6-13/h3-8,11,21H,9-10H2,1-2H3. The number of ether oxygens (including phenoxy) is 2. The van der Waals surface area contributed by atoms with E-state index in [9.17, 15) is 0 Å². The van der Waals surface area contributed by atoms with Crippen molar-refractivity contribution in [3.63, 3.8) is 0 Å². The number of hydrogen-bond donors (Lipinski definition) is 1. The lowest BCUT2D eigenvalue weighted by Gasteiger charge is -2.10. The number of anilines is 1. The molecule has 3 aromatic rings. The highest BCUT2D eigenvalue weighted by atomic mass is 35.5. The van der Waals surface area contributed by atoms with Gasteiger partial charge in [0.1, 0.15) is 23.0 Å². The summed E-state index contributed by atoms with van der Waals surface area (Å²) >= 11 is 6.01. The molecule has 2 heterocycles. The van der Waals surface area contributed by atoms with E-state index in [1.807, 2.05) is 47.1 Å². The third-order valence-electron chi connectivity index (χ3n) is 4.38. The van der Waals surface area contributed by atoms with Gasteiger partial charge in [-0.1, -0.05) is 11.6 Å². The highest BCUT2D eigenvalue weighted by Gasteiger charge is 2.25. The lowest BCUT2D eigenvalue weighted by molar-refractivity contribution is 0.404. The van der Waals surface area contributed by atoms with Gasteiger partial charge in [-0.25, -0.2) is 4.68 Å². The molecule has 0 atom stereocenters. The number of nitrogens with one attached hydrogen (secondary N) is 1. The summed E-state index contributed by atoms with van der Waals surface area (Å²) in [5, 5.41) is 9.00. The van der Waals surface area contributed by atoms with Crippen LogP contribution in [0.1, 0.15) is 5.56 Å². The summed E-state index contributed by atoms with van der Waals surface area (Å²) in [6.45, 7) is 0.889. The second kappa shape index (κ2) is 6.33. The van der Waals surface area contributed by atoms with Crippen LogP contribution >= 0.6 is 11.6 Å². The lowest BCUT2D eigenvalue weighted by atomic mass is 10.1. The van der Waals surface area contributed by atoms with Crippen LogP contribution in [0.2, 0.25) is 5.02 Å². The molecule has 0 saturated heterocycles. The molecule has 1 N–H and O–H groups in total. The predicted molar refractivity (Wildman–Crippen MR) is 99.3 cm³/mol. The monoisotopic (exact) mass is 355 g/mol. The number of methoxy groups -OCH3 is 2. The summed E-state index contributed by atoms with van der Waals surface area (Å²) < 4.78 is 12.8. The van der Waals surface area contributed by atoms with Crippen molar-refractivity contribution in [3.8, 4) is 28.4 Å². The third kappa shape index (κ3) is 2.70. The average Bonchev–Trinajstić information content (AvgIpc) is 3.24. The Bertz CT molecular complexity index is 919. The van der Waals surface area contributed by atoms with E-state index in [-0.39, 0.29) is 0 Å². The molecule has 0 saturated carbocycles. The third-order valence-corrected chi connectivity index (χ3v) is 4.64. The van der Waals surface area contributed by atoms with Gasteiger partial charge in [0, 0.05) is 22.7 Å². The average molecular weight is 356 g/mol. The molecule has 1 aliphatic heterocycles. The van der Waals surface area contributed by atoms with E-state index in [4.69, 9.17) is 26.2 Å². The van der Waals surface area contributed by atoms with Crippen molar-refractivity contribution in [1.82, 2.24) is 9.78 Å². The summed E-state index contributed by atoms with van der Waals surface area (Å²) in [4.78, 5) is 0. The Labute approximate surface area is 151 Å². The molecule has 0 fully saturated rings. The maximum Gasteiger partial charge on any atom is 0.133 e. The molecular weight excluding hydrogens is 338 g/mol. The van der Waals surface area contributed by atoms with Crippen LogP contribution in [0.15, 0.2) is 42.5 Å². The molecule has 0 aliphatic carbocycles. The Balaban J connectivity index is 1.90. The van der Waals surface area contributed by atoms with Crippen molar-refractivity contribution in [2.24, 2.45) is 0 Å². The fourth-order valence-electron chi connectivity index (χ4n) is 3.16. The number of hydrogen-bond acceptors (Lipinski definition) is 4. The van der Waals surface area contributed by atoms with Gasteiger partial charge in [-0.15, -0.1) is 0 Å². The summed E-state index contributed by atoms with van der Waals surface area (Å²) in [5.74, 6) is 2.56. The SMILES string of the molecule is COc1ccc(OC)c(-c2nn(-c3ccc(Cl)cc3)c3c2CCN3)c1. The first-order valence-corrected chi connectivity index (χ1v) is 8.43. The minimum atomic E-state index is 0.704. The molecule has 1 aromatic heterocycles. The zero-order valence-electron chi connectivity index (χ0n) is 14.0. The number of nitrogens with zero attached hydrogens (tertiary/aromatic N) is 2. The minimum Gasteiger partial charge on any atom is -0.497 e. The summed E-state index contributed by atoms with van der Waals surface area (Å²) in [6.07, 6.45) is 0.915. The van der Waals surface area contributed by atoms with Crippen LogP contribution in [0.5, 0.6) is 11.5 Å². The van der Waals surface area contributed by atoms with Crippen molar-refractivity contribution >= 4 is 17.4 Å². The second-order valence-corrected chi connectivity index (χ2v) is 6.24. The summed E-state index contributed by atoms with van der Waals surface area (Å²) in [7, 11) is 3.32. The van der Waals surface area contributed by atoms with Crippen molar-refractivity contribution in [2.75, 3.05) is 26.1 Å². The van der Waals surface area contributed by atoms with Crippen LogP contribution in [-0.2, 0) is 6.42 Å². The molecule has 4 rings (SSSR count). The molecule has 25 heavy (non-hydrogen) atoms. The van der Waals surface area contributed by atoms with Crippen molar-refractivity contribution in [2.45, 2.75) is 6.42 Å². The fourth-order valence-corrected chi connectivity index (χ4v) is 3.29. The smallest absolute Gasteiger partial charge is 0.133 e. The molecule has 0 bridgehead atoms. The van der Waals surface area contributed by atoms with Crippen LogP contribution in [0.3, 0.4) is 0 Å². The van der Waals surface area contributed by atoms with Crippen molar-refractivity contribution in [3.05, 3.63) is 53.1 Å². The molecule has 0 unspecified atom stereocenters. The topological polar surface area (TPSA) is 48.3 Å².